The lowest BCUT2D eigenvalue weighted by atomic mass is 10.3. The molecule has 2 aromatic rings. The van der Waals surface area contributed by atoms with Crippen LogP contribution in [0.4, 0.5) is 5.69 Å². The van der Waals surface area contributed by atoms with Gasteiger partial charge in [0.05, 0.1) is 29.1 Å². The van der Waals surface area contributed by atoms with Gasteiger partial charge in [-0.1, -0.05) is 18.2 Å². The van der Waals surface area contributed by atoms with E-state index >= 15 is 0 Å². The monoisotopic (exact) mass is 339 g/mol. The molecule has 0 saturated carbocycles. The Morgan fingerprint density at radius 2 is 1.82 bits per heavy atom. The third kappa shape index (κ3) is 3.84. The van der Waals surface area contributed by atoms with Crippen molar-refractivity contribution in [2.24, 2.45) is 0 Å². The Morgan fingerprint density at radius 3 is 2.41 bits per heavy atom. The molecule has 2 rings (SSSR count). The summed E-state index contributed by atoms with van der Waals surface area (Å²) in [6.07, 6.45) is 0. The molecule has 0 saturated heterocycles. The minimum absolute atomic E-state index is 0.248. The predicted octanol–water partition coefficient (Wildman–Crippen LogP) is 3.89. The van der Waals surface area contributed by atoms with Crippen molar-refractivity contribution in [3.63, 3.8) is 0 Å². The smallest absolute Gasteiger partial charge is 0.320 e. The number of para-hydroxylation sites is 1. The van der Waals surface area contributed by atoms with E-state index in [0.717, 1.165) is 0 Å². The Kier molecular flexibility index (Phi) is 5.91. The summed E-state index contributed by atoms with van der Waals surface area (Å²) >= 11 is 1.34. The molecular weight excluding hydrogens is 321 g/mol. The van der Waals surface area contributed by atoms with Crippen LogP contribution in [0.5, 0.6) is 0 Å². The van der Waals surface area contributed by atoms with E-state index in [4.69, 9.17) is 9.05 Å². The summed E-state index contributed by atoms with van der Waals surface area (Å²) in [6, 6.07) is 10.4. The Labute approximate surface area is 133 Å². The van der Waals surface area contributed by atoms with Gasteiger partial charge in [0, 0.05) is 0 Å². The summed E-state index contributed by atoms with van der Waals surface area (Å²) < 4.78 is 23.6. The molecule has 5 nitrogen and oxygen atoms in total. The Hall–Kier alpha value is -1.46. The lowest BCUT2D eigenvalue weighted by Crippen LogP contribution is -2.20. The SMILES string of the molecule is CCOP(=O)(OCC)c1ccccc1NC(=O)c1cccs1. The van der Waals surface area contributed by atoms with Crippen molar-refractivity contribution in [2.75, 3.05) is 18.5 Å². The van der Waals surface area contributed by atoms with Crippen LogP contribution in [0.25, 0.3) is 0 Å². The first-order valence-electron chi connectivity index (χ1n) is 6.94. The quantitative estimate of drug-likeness (QED) is 0.777. The zero-order chi connectivity index (χ0) is 16.0. The average Bonchev–Trinajstić information content (AvgIpc) is 3.02. The third-order valence-electron chi connectivity index (χ3n) is 2.79. The second-order valence-corrected chi connectivity index (χ2v) is 7.22. The van der Waals surface area contributed by atoms with Crippen LogP contribution in [0.2, 0.25) is 0 Å². The number of benzene rings is 1. The van der Waals surface area contributed by atoms with Gasteiger partial charge in [-0.3, -0.25) is 9.36 Å². The number of carbonyl (C=O) groups is 1. The zero-order valence-corrected chi connectivity index (χ0v) is 14.2. The van der Waals surface area contributed by atoms with E-state index in [1.54, 1.807) is 50.2 Å². The first kappa shape index (κ1) is 16.9. The molecule has 0 radical (unpaired) electrons. The minimum Gasteiger partial charge on any atom is -0.320 e. The molecule has 0 aliphatic carbocycles. The van der Waals surface area contributed by atoms with Crippen LogP contribution < -0.4 is 10.6 Å². The first-order chi connectivity index (χ1) is 10.6. The number of hydrogen-bond donors (Lipinski definition) is 1. The van der Waals surface area contributed by atoms with Crippen LogP contribution in [0.15, 0.2) is 41.8 Å². The van der Waals surface area contributed by atoms with Gasteiger partial charge in [-0.05, 0) is 37.4 Å². The molecule has 0 aliphatic rings. The fourth-order valence-electron chi connectivity index (χ4n) is 1.93. The standard InChI is InChI=1S/C15H18NO4PS/c1-3-19-21(18,20-4-2)13-9-6-5-8-12(13)16-15(17)14-10-7-11-22-14/h5-11H,3-4H2,1-2H3,(H,16,17). The van der Waals surface area contributed by atoms with Crippen molar-refractivity contribution in [2.45, 2.75) is 13.8 Å². The molecule has 0 fully saturated rings. The average molecular weight is 339 g/mol. The van der Waals surface area contributed by atoms with Crippen molar-refractivity contribution < 1.29 is 18.4 Å². The van der Waals surface area contributed by atoms with E-state index in [1.807, 2.05) is 5.38 Å². The van der Waals surface area contributed by atoms with E-state index in [9.17, 15) is 9.36 Å². The van der Waals surface area contributed by atoms with Crippen molar-refractivity contribution >= 4 is 35.8 Å². The van der Waals surface area contributed by atoms with E-state index in [0.29, 0.717) is 15.9 Å². The molecule has 1 aromatic heterocycles. The first-order valence-corrected chi connectivity index (χ1v) is 9.36. The van der Waals surface area contributed by atoms with Crippen LogP contribution >= 0.6 is 18.9 Å². The summed E-state index contributed by atoms with van der Waals surface area (Å²) in [7, 11) is -3.45. The molecular formula is C15H18NO4PS. The number of anilines is 1. The van der Waals surface area contributed by atoms with Gasteiger partial charge in [-0.2, -0.15) is 0 Å². The minimum atomic E-state index is -3.45. The fourth-order valence-corrected chi connectivity index (χ4v) is 4.27. The molecule has 7 heteroatoms. The van der Waals surface area contributed by atoms with Gasteiger partial charge in [0.25, 0.3) is 5.91 Å². The maximum absolute atomic E-state index is 12.9. The van der Waals surface area contributed by atoms with Gasteiger partial charge in [-0.15, -0.1) is 11.3 Å². The Bertz CT molecular complexity index is 662. The highest BCUT2D eigenvalue weighted by Gasteiger charge is 2.30. The van der Waals surface area contributed by atoms with Gasteiger partial charge < -0.3 is 14.4 Å². The van der Waals surface area contributed by atoms with Crippen molar-refractivity contribution in [1.29, 1.82) is 0 Å². The number of nitrogens with one attached hydrogen (secondary N) is 1. The molecule has 1 N–H and O–H groups in total. The van der Waals surface area contributed by atoms with Crippen LogP contribution in [-0.2, 0) is 13.6 Å². The number of rotatable bonds is 7. The number of amides is 1. The Morgan fingerprint density at radius 1 is 1.14 bits per heavy atom. The highest BCUT2D eigenvalue weighted by Crippen LogP contribution is 2.48. The topological polar surface area (TPSA) is 64.6 Å². The van der Waals surface area contributed by atoms with E-state index in [-0.39, 0.29) is 19.1 Å². The van der Waals surface area contributed by atoms with Crippen molar-refractivity contribution in [1.82, 2.24) is 0 Å². The van der Waals surface area contributed by atoms with Crippen LogP contribution in [0, 0.1) is 0 Å². The molecule has 1 amide bonds. The Balaban J connectivity index is 2.33. The molecule has 0 unspecified atom stereocenters. The number of thiophene rings is 1. The largest absolute Gasteiger partial charge is 0.363 e. The molecule has 0 atom stereocenters. The second-order valence-electron chi connectivity index (χ2n) is 4.28. The predicted molar refractivity (Wildman–Crippen MR) is 89.2 cm³/mol. The lowest BCUT2D eigenvalue weighted by Gasteiger charge is -2.20. The van der Waals surface area contributed by atoms with Crippen LogP contribution in [0.1, 0.15) is 23.5 Å². The lowest BCUT2D eigenvalue weighted by molar-refractivity contribution is 0.103. The molecule has 22 heavy (non-hydrogen) atoms. The van der Waals surface area contributed by atoms with Crippen molar-refractivity contribution in [3.8, 4) is 0 Å². The van der Waals surface area contributed by atoms with Gasteiger partial charge in [0.1, 0.15) is 0 Å². The highest BCUT2D eigenvalue weighted by atomic mass is 32.1. The van der Waals surface area contributed by atoms with E-state index in [2.05, 4.69) is 5.32 Å². The van der Waals surface area contributed by atoms with Gasteiger partial charge >= 0.3 is 7.60 Å². The van der Waals surface area contributed by atoms with Crippen LogP contribution in [0.3, 0.4) is 0 Å². The third-order valence-corrected chi connectivity index (χ3v) is 5.84. The summed E-state index contributed by atoms with van der Waals surface area (Å²) in [5, 5.41) is 4.96. The van der Waals surface area contributed by atoms with Gasteiger partial charge in [0.2, 0.25) is 0 Å². The molecule has 1 heterocycles. The molecule has 0 bridgehead atoms. The summed E-state index contributed by atoms with van der Waals surface area (Å²) in [5.41, 5.74) is 0.436. The van der Waals surface area contributed by atoms with Crippen molar-refractivity contribution in [3.05, 3.63) is 46.7 Å². The molecule has 1 aromatic carbocycles. The van der Waals surface area contributed by atoms with Gasteiger partial charge in [-0.25, -0.2) is 0 Å². The normalized spacial score (nSPS) is 11.4. The molecule has 0 aliphatic heterocycles. The van der Waals surface area contributed by atoms with Gasteiger partial charge in [0.15, 0.2) is 0 Å². The summed E-state index contributed by atoms with van der Waals surface area (Å²) in [6.45, 7) is 4.01. The zero-order valence-electron chi connectivity index (χ0n) is 12.4. The maximum Gasteiger partial charge on any atom is 0.363 e. The fraction of sp³-hybridized carbons (Fsp3) is 0.267. The molecule has 118 valence electrons. The van der Waals surface area contributed by atoms with E-state index < -0.39 is 7.60 Å². The summed E-state index contributed by atoms with van der Waals surface area (Å²) in [5.74, 6) is -0.248. The maximum atomic E-state index is 12.9. The number of hydrogen-bond acceptors (Lipinski definition) is 5. The number of carbonyl (C=O) groups excluding carboxylic acids is 1. The summed E-state index contributed by atoms with van der Waals surface area (Å²) in [4.78, 5) is 12.8. The molecule has 0 spiro atoms. The van der Waals surface area contributed by atoms with E-state index in [1.165, 1.54) is 11.3 Å². The van der Waals surface area contributed by atoms with Crippen LogP contribution in [-0.4, -0.2) is 19.1 Å². The highest BCUT2D eigenvalue weighted by molar-refractivity contribution is 7.62. The second kappa shape index (κ2) is 7.70.